The van der Waals surface area contributed by atoms with Crippen molar-refractivity contribution in [3.8, 4) is 0 Å². The van der Waals surface area contributed by atoms with Gasteiger partial charge in [-0.05, 0) is 31.4 Å². The van der Waals surface area contributed by atoms with E-state index in [-0.39, 0.29) is 6.10 Å². The Morgan fingerprint density at radius 1 is 1.29 bits per heavy atom. The highest BCUT2D eigenvalue weighted by atomic mass is 32.2. The summed E-state index contributed by atoms with van der Waals surface area (Å²) in [5.41, 5.74) is 0. The van der Waals surface area contributed by atoms with E-state index in [4.69, 9.17) is 5.11 Å². The first-order chi connectivity index (χ1) is 6.84. The maximum Gasteiger partial charge on any atom is 0.0693 e. The van der Waals surface area contributed by atoms with Crippen LogP contribution in [0.25, 0.3) is 0 Å². The predicted molar refractivity (Wildman–Crippen MR) is 60.7 cm³/mol. The van der Waals surface area contributed by atoms with Gasteiger partial charge >= 0.3 is 0 Å². The second-order valence-corrected chi connectivity index (χ2v) is 4.97. The van der Waals surface area contributed by atoms with Gasteiger partial charge in [-0.15, -0.1) is 0 Å². The molecule has 0 radical (unpaired) electrons. The number of aliphatic hydroxyl groups is 2. The van der Waals surface area contributed by atoms with Crippen molar-refractivity contribution in [2.45, 2.75) is 37.8 Å². The zero-order valence-corrected chi connectivity index (χ0v) is 9.43. The molecule has 0 aromatic rings. The quantitative estimate of drug-likeness (QED) is 0.549. The summed E-state index contributed by atoms with van der Waals surface area (Å²) in [6.45, 7) is 1.26. The number of rotatable bonds is 7. The molecule has 14 heavy (non-hydrogen) atoms. The maximum atomic E-state index is 9.53. The van der Waals surface area contributed by atoms with Crippen LogP contribution in [0.5, 0.6) is 0 Å². The normalized spacial score (nSPS) is 27.0. The van der Waals surface area contributed by atoms with Gasteiger partial charge in [-0.1, -0.05) is 0 Å². The molecule has 0 amide bonds. The lowest BCUT2D eigenvalue weighted by atomic mass is 10.2. The van der Waals surface area contributed by atoms with Crippen LogP contribution in [0.1, 0.15) is 25.7 Å². The van der Waals surface area contributed by atoms with E-state index >= 15 is 0 Å². The average molecular weight is 219 g/mol. The summed E-state index contributed by atoms with van der Waals surface area (Å²) in [4.78, 5) is 0. The molecule has 1 saturated carbocycles. The summed E-state index contributed by atoms with van der Waals surface area (Å²) in [6.07, 6.45) is 3.97. The minimum absolute atomic E-state index is 0.127. The number of hydrogen-bond acceptors (Lipinski definition) is 4. The second kappa shape index (κ2) is 7.51. The third kappa shape index (κ3) is 4.64. The van der Waals surface area contributed by atoms with Gasteiger partial charge in [-0.2, -0.15) is 11.8 Å². The van der Waals surface area contributed by atoms with Crippen molar-refractivity contribution >= 4 is 11.8 Å². The Balaban J connectivity index is 1.88. The fraction of sp³-hybridized carbons (Fsp3) is 1.00. The molecule has 0 bridgehead atoms. The molecular weight excluding hydrogens is 198 g/mol. The number of thioether (sulfide) groups is 1. The van der Waals surface area contributed by atoms with Crippen LogP contribution < -0.4 is 5.32 Å². The number of aliphatic hydroxyl groups excluding tert-OH is 2. The second-order valence-electron chi connectivity index (χ2n) is 3.75. The van der Waals surface area contributed by atoms with E-state index in [1.165, 1.54) is 0 Å². The van der Waals surface area contributed by atoms with E-state index < -0.39 is 0 Å². The summed E-state index contributed by atoms with van der Waals surface area (Å²) >= 11 is 1.86. The van der Waals surface area contributed by atoms with Gasteiger partial charge < -0.3 is 15.5 Å². The topological polar surface area (TPSA) is 52.5 Å². The molecule has 0 heterocycles. The molecule has 0 aromatic heterocycles. The Labute approximate surface area is 90.3 Å². The first-order valence-electron chi connectivity index (χ1n) is 5.44. The van der Waals surface area contributed by atoms with Gasteiger partial charge in [0, 0.05) is 24.9 Å². The Morgan fingerprint density at radius 3 is 2.79 bits per heavy atom. The third-order valence-electron chi connectivity index (χ3n) is 2.58. The molecule has 3 N–H and O–H groups in total. The van der Waals surface area contributed by atoms with Crippen molar-refractivity contribution < 1.29 is 10.2 Å². The zero-order chi connectivity index (χ0) is 10.2. The molecule has 1 rings (SSSR count). The highest BCUT2D eigenvalue weighted by Gasteiger charge is 2.23. The van der Waals surface area contributed by atoms with Gasteiger partial charge in [-0.3, -0.25) is 0 Å². The molecule has 0 spiro atoms. The average Bonchev–Trinajstić information content (AvgIpc) is 2.58. The minimum atomic E-state index is -0.127. The fourth-order valence-corrected chi connectivity index (χ4v) is 2.56. The smallest absolute Gasteiger partial charge is 0.0693 e. The van der Waals surface area contributed by atoms with Gasteiger partial charge in [-0.25, -0.2) is 0 Å². The van der Waals surface area contributed by atoms with E-state index in [0.717, 1.165) is 43.7 Å². The lowest BCUT2D eigenvalue weighted by Gasteiger charge is -2.15. The molecule has 1 fully saturated rings. The van der Waals surface area contributed by atoms with Gasteiger partial charge in [0.15, 0.2) is 0 Å². The molecule has 84 valence electrons. The Bertz CT molecular complexity index is 146. The van der Waals surface area contributed by atoms with Crippen LogP contribution >= 0.6 is 11.8 Å². The van der Waals surface area contributed by atoms with Gasteiger partial charge in [0.1, 0.15) is 0 Å². The largest absolute Gasteiger partial charge is 0.396 e. The summed E-state index contributed by atoms with van der Waals surface area (Å²) in [7, 11) is 0. The number of nitrogens with one attached hydrogen (secondary N) is 1. The SMILES string of the molecule is OCCCSCCN[C@@H]1CCC[C@H]1O. The summed E-state index contributed by atoms with van der Waals surface area (Å²) in [5, 5.41) is 21.5. The van der Waals surface area contributed by atoms with Crippen molar-refractivity contribution in [2.24, 2.45) is 0 Å². The van der Waals surface area contributed by atoms with Crippen molar-refractivity contribution in [1.29, 1.82) is 0 Å². The molecule has 1 aliphatic carbocycles. The summed E-state index contributed by atoms with van der Waals surface area (Å²) in [6, 6.07) is 0.327. The molecule has 2 atom stereocenters. The lowest BCUT2D eigenvalue weighted by Crippen LogP contribution is -2.36. The van der Waals surface area contributed by atoms with E-state index in [1.807, 2.05) is 11.8 Å². The molecule has 0 saturated heterocycles. The van der Waals surface area contributed by atoms with Gasteiger partial charge in [0.2, 0.25) is 0 Å². The van der Waals surface area contributed by atoms with Crippen molar-refractivity contribution in [2.75, 3.05) is 24.7 Å². The third-order valence-corrected chi connectivity index (χ3v) is 3.65. The number of hydrogen-bond donors (Lipinski definition) is 3. The molecule has 3 nitrogen and oxygen atoms in total. The highest BCUT2D eigenvalue weighted by molar-refractivity contribution is 7.99. The Kier molecular flexibility index (Phi) is 6.60. The molecule has 4 heteroatoms. The van der Waals surface area contributed by atoms with Crippen LogP contribution in [-0.4, -0.2) is 47.0 Å². The van der Waals surface area contributed by atoms with Crippen LogP contribution in [0.4, 0.5) is 0 Å². The zero-order valence-electron chi connectivity index (χ0n) is 8.61. The van der Waals surface area contributed by atoms with Gasteiger partial charge in [0.25, 0.3) is 0 Å². The summed E-state index contributed by atoms with van der Waals surface area (Å²) in [5.74, 6) is 2.11. The standard InChI is InChI=1S/C10H21NO2S/c12-6-2-7-14-8-5-11-9-3-1-4-10(9)13/h9-13H,1-8H2/t9-,10-/m1/s1. The van der Waals surface area contributed by atoms with Crippen LogP contribution in [0.15, 0.2) is 0 Å². The van der Waals surface area contributed by atoms with Gasteiger partial charge in [0.05, 0.1) is 6.10 Å². The molecule has 1 aliphatic rings. The highest BCUT2D eigenvalue weighted by Crippen LogP contribution is 2.18. The van der Waals surface area contributed by atoms with Crippen LogP contribution in [0, 0.1) is 0 Å². The van der Waals surface area contributed by atoms with Crippen LogP contribution in [-0.2, 0) is 0 Å². The molecule has 0 unspecified atom stereocenters. The molecule has 0 aliphatic heterocycles. The lowest BCUT2D eigenvalue weighted by molar-refractivity contribution is 0.150. The molecular formula is C10H21NO2S. The van der Waals surface area contributed by atoms with Crippen molar-refractivity contribution in [1.82, 2.24) is 5.32 Å². The van der Waals surface area contributed by atoms with E-state index in [0.29, 0.717) is 12.6 Å². The van der Waals surface area contributed by atoms with Crippen LogP contribution in [0.3, 0.4) is 0 Å². The fourth-order valence-electron chi connectivity index (χ4n) is 1.76. The predicted octanol–water partition coefficient (Wildman–Crippen LogP) is 0.605. The maximum absolute atomic E-state index is 9.53. The molecule has 0 aromatic carbocycles. The minimum Gasteiger partial charge on any atom is -0.396 e. The Hall–Kier alpha value is 0.230. The summed E-state index contributed by atoms with van der Waals surface area (Å²) < 4.78 is 0. The Morgan fingerprint density at radius 2 is 2.14 bits per heavy atom. The first kappa shape index (κ1) is 12.3. The van der Waals surface area contributed by atoms with Crippen molar-refractivity contribution in [3.05, 3.63) is 0 Å². The first-order valence-corrected chi connectivity index (χ1v) is 6.60. The van der Waals surface area contributed by atoms with Crippen LogP contribution in [0.2, 0.25) is 0 Å². The van der Waals surface area contributed by atoms with Crippen molar-refractivity contribution in [3.63, 3.8) is 0 Å². The van der Waals surface area contributed by atoms with E-state index in [1.54, 1.807) is 0 Å². The van der Waals surface area contributed by atoms with E-state index in [2.05, 4.69) is 5.32 Å². The van der Waals surface area contributed by atoms with E-state index in [9.17, 15) is 5.11 Å². The monoisotopic (exact) mass is 219 g/mol.